The molecule has 2 rings (SSSR count). The molecule has 1 aliphatic rings. The molecule has 1 aromatic carbocycles. The van der Waals surface area contributed by atoms with Gasteiger partial charge in [-0.15, -0.1) is 0 Å². The van der Waals surface area contributed by atoms with Crippen LogP contribution in [-0.4, -0.2) is 36.3 Å². The van der Waals surface area contributed by atoms with Gasteiger partial charge in [-0.1, -0.05) is 6.42 Å². The zero-order valence-corrected chi connectivity index (χ0v) is 11.1. The summed E-state index contributed by atoms with van der Waals surface area (Å²) in [5, 5.41) is 9.19. The number of amides is 1. The van der Waals surface area contributed by atoms with Crippen molar-refractivity contribution in [2.24, 2.45) is 5.73 Å². The normalized spacial score (nSPS) is 21.2. The van der Waals surface area contributed by atoms with Crippen LogP contribution in [0.5, 0.6) is 5.75 Å². The number of carbonyl (C=O) groups is 1. The molecule has 0 radical (unpaired) electrons. The second kappa shape index (κ2) is 5.18. The number of hydrogen-bond donors (Lipinski definition) is 2. The van der Waals surface area contributed by atoms with Gasteiger partial charge in [0.25, 0.3) is 0 Å². The number of aromatic hydroxyl groups is 1. The molecule has 104 valence electrons. The minimum atomic E-state index is -3.75. The smallest absolute Gasteiger partial charge is 0.243 e. The Kier molecular flexibility index (Phi) is 3.77. The second-order valence-corrected chi connectivity index (χ2v) is 6.41. The standard InChI is InChI=1S/C12H16N2O4S/c13-12(16)11-3-1-2-8-14(11)19(17,18)10-6-4-9(15)5-7-10/h4-7,11,15H,1-3,8H2,(H2,13,16). The number of piperidine rings is 1. The fraction of sp³-hybridized carbons (Fsp3) is 0.417. The van der Waals surface area contributed by atoms with E-state index in [-0.39, 0.29) is 17.2 Å². The lowest BCUT2D eigenvalue weighted by molar-refractivity contribution is -0.122. The average Bonchev–Trinajstić information content (AvgIpc) is 2.39. The highest BCUT2D eigenvalue weighted by Gasteiger charge is 2.36. The molecule has 1 aromatic rings. The van der Waals surface area contributed by atoms with Crippen molar-refractivity contribution in [2.45, 2.75) is 30.2 Å². The Labute approximate surface area is 111 Å². The monoisotopic (exact) mass is 284 g/mol. The molecule has 0 bridgehead atoms. The van der Waals surface area contributed by atoms with Gasteiger partial charge in [-0.25, -0.2) is 8.42 Å². The van der Waals surface area contributed by atoms with Crippen LogP contribution in [0.3, 0.4) is 0 Å². The fourth-order valence-corrected chi connectivity index (χ4v) is 3.90. The maximum atomic E-state index is 12.4. The predicted octanol–water partition coefficient (Wildman–Crippen LogP) is 0.421. The van der Waals surface area contributed by atoms with Gasteiger partial charge in [0, 0.05) is 6.54 Å². The molecule has 7 heteroatoms. The average molecular weight is 284 g/mol. The fourth-order valence-electron chi connectivity index (χ4n) is 2.23. The SMILES string of the molecule is NC(=O)C1CCCCN1S(=O)(=O)c1ccc(O)cc1. The number of hydrogen-bond acceptors (Lipinski definition) is 4. The van der Waals surface area contributed by atoms with E-state index < -0.39 is 22.0 Å². The first-order valence-electron chi connectivity index (χ1n) is 6.03. The number of nitrogens with two attached hydrogens (primary N) is 1. The number of rotatable bonds is 3. The van der Waals surface area contributed by atoms with Crippen molar-refractivity contribution in [3.05, 3.63) is 24.3 Å². The van der Waals surface area contributed by atoms with E-state index in [2.05, 4.69) is 0 Å². The molecule has 1 atom stereocenters. The first-order valence-corrected chi connectivity index (χ1v) is 7.47. The Balaban J connectivity index is 2.37. The Hall–Kier alpha value is -1.60. The molecule has 0 spiro atoms. The van der Waals surface area contributed by atoms with Gasteiger partial charge in [0.05, 0.1) is 4.90 Å². The van der Waals surface area contributed by atoms with Crippen LogP contribution < -0.4 is 5.73 Å². The van der Waals surface area contributed by atoms with Gasteiger partial charge >= 0.3 is 0 Å². The summed E-state index contributed by atoms with van der Waals surface area (Å²) in [6, 6.07) is 4.45. The van der Waals surface area contributed by atoms with Gasteiger partial charge in [-0.05, 0) is 37.1 Å². The first kappa shape index (κ1) is 13.8. The van der Waals surface area contributed by atoms with Crippen molar-refractivity contribution in [1.29, 1.82) is 0 Å². The molecular formula is C12H16N2O4S. The Morgan fingerprint density at radius 3 is 2.47 bits per heavy atom. The maximum absolute atomic E-state index is 12.4. The number of sulfonamides is 1. The largest absolute Gasteiger partial charge is 0.508 e. The van der Waals surface area contributed by atoms with Crippen LogP contribution in [0.25, 0.3) is 0 Å². The Bertz CT molecular complexity index is 568. The minimum Gasteiger partial charge on any atom is -0.508 e. The summed E-state index contributed by atoms with van der Waals surface area (Å²) in [5.41, 5.74) is 5.27. The van der Waals surface area contributed by atoms with Crippen molar-refractivity contribution in [2.75, 3.05) is 6.54 Å². The molecular weight excluding hydrogens is 268 g/mol. The van der Waals surface area contributed by atoms with Gasteiger partial charge < -0.3 is 10.8 Å². The van der Waals surface area contributed by atoms with Gasteiger partial charge in [0.1, 0.15) is 11.8 Å². The van der Waals surface area contributed by atoms with E-state index in [9.17, 15) is 18.3 Å². The number of carbonyl (C=O) groups excluding carboxylic acids is 1. The Morgan fingerprint density at radius 1 is 1.26 bits per heavy atom. The van der Waals surface area contributed by atoms with Gasteiger partial charge in [0.15, 0.2) is 0 Å². The van der Waals surface area contributed by atoms with Crippen molar-refractivity contribution in [1.82, 2.24) is 4.31 Å². The lowest BCUT2D eigenvalue weighted by atomic mass is 10.0. The van der Waals surface area contributed by atoms with E-state index in [4.69, 9.17) is 5.73 Å². The van der Waals surface area contributed by atoms with Crippen LogP contribution in [-0.2, 0) is 14.8 Å². The zero-order chi connectivity index (χ0) is 14.0. The van der Waals surface area contributed by atoms with Crippen LogP contribution in [0.15, 0.2) is 29.2 Å². The topological polar surface area (TPSA) is 101 Å². The summed E-state index contributed by atoms with van der Waals surface area (Å²) in [7, 11) is -3.75. The lowest BCUT2D eigenvalue weighted by Crippen LogP contribution is -2.50. The van der Waals surface area contributed by atoms with Crippen LogP contribution in [0.4, 0.5) is 0 Å². The number of benzene rings is 1. The summed E-state index contributed by atoms with van der Waals surface area (Å²) in [6.07, 6.45) is 1.95. The summed E-state index contributed by atoms with van der Waals surface area (Å²) >= 11 is 0. The molecule has 0 aliphatic carbocycles. The molecule has 0 saturated carbocycles. The third-order valence-electron chi connectivity index (χ3n) is 3.23. The third kappa shape index (κ3) is 2.71. The predicted molar refractivity (Wildman–Crippen MR) is 68.8 cm³/mol. The number of nitrogens with zero attached hydrogens (tertiary/aromatic N) is 1. The van der Waals surface area contributed by atoms with Crippen molar-refractivity contribution < 1.29 is 18.3 Å². The maximum Gasteiger partial charge on any atom is 0.243 e. The number of phenols is 1. The van der Waals surface area contributed by atoms with E-state index in [1.54, 1.807) is 0 Å². The van der Waals surface area contributed by atoms with Crippen molar-refractivity contribution in [3.8, 4) is 5.75 Å². The zero-order valence-electron chi connectivity index (χ0n) is 10.3. The summed E-state index contributed by atoms with van der Waals surface area (Å²) < 4.78 is 26.1. The molecule has 6 nitrogen and oxygen atoms in total. The highest BCUT2D eigenvalue weighted by molar-refractivity contribution is 7.89. The van der Waals surface area contributed by atoms with Crippen molar-refractivity contribution >= 4 is 15.9 Å². The summed E-state index contributed by atoms with van der Waals surface area (Å²) in [6.45, 7) is 0.289. The van der Waals surface area contributed by atoms with Gasteiger partial charge in [0.2, 0.25) is 15.9 Å². The van der Waals surface area contributed by atoms with E-state index >= 15 is 0 Å². The lowest BCUT2D eigenvalue weighted by Gasteiger charge is -2.32. The molecule has 1 fully saturated rings. The highest BCUT2D eigenvalue weighted by atomic mass is 32.2. The van der Waals surface area contributed by atoms with Crippen LogP contribution in [0.2, 0.25) is 0 Å². The van der Waals surface area contributed by atoms with E-state index in [1.165, 1.54) is 24.3 Å². The molecule has 3 N–H and O–H groups in total. The quantitative estimate of drug-likeness (QED) is 0.840. The second-order valence-electron chi connectivity index (χ2n) is 4.52. The molecule has 19 heavy (non-hydrogen) atoms. The van der Waals surface area contributed by atoms with E-state index in [0.717, 1.165) is 10.7 Å². The number of phenolic OH excluding ortho intramolecular Hbond substituents is 1. The minimum absolute atomic E-state index is 0.0101. The summed E-state index contributed by atoms with van der Waals surface area (Å²) in [5.74, 6) is -0.633. The Morgan fingerprint density at radius 2 is 1.89 bits per heavy atom. The first-order chi connectivity index (χ1) is 8.93. The third-order valence-corrected chi connectivity index (χ3v) is 5.15. The van der Waals surface area contributed by atoms with Crippen LogP contribution >= 0.6 is 0 Å². The van der Waals surface area contributed by atoms with Gasteiger partial charge in [-0.3, -0.25) is 4.79 Å². The van der Waals surface area contributed by atoms with Crippen LogP contribution in [0.1, 0.15) is 19.3 Å². The van der Waals surface area contributed by atoms with Gasteiger partial charge in [-0.2, -0.15) is 4.31 Å². The highest BCUT2D eigenvalue weighted by Crippen LogP contribution is 2.26. The summed E-state index contributed by atoms with van der Waals surface area (Å²) in [4.78, 5) is 11.4. The molecule has 1 unspecified atom stereocenters. The van der Waals surface area contributed by atoms with Crippen LogP contribution in [0, 0.1) is 0 Å². The molecule has 1 aliphatic heterocycles. The number of primary amides is 1. The molecule has 1 amide bonds. The van der Waals surface area contributed by atoms with E-state index in [0.29, 0.717) is 12.8 Å². The molecule has 1 heterocycles. The molecule has 1 saturated heterocycles. The van der Waals surface area contributed by atoms with Crippen molar-refractivity contribution in [3.63, 3.8) is 0 Å². The molecule has 0 aromatic heterocycles. The van der Waals surface area contributed by atoms with E-state index in [1.807, 2.05) is 0 Å².